The van der Waals surface area contributed by atoms with Crippen molar-refractivity contribution in [3.63, 3.8) is 0 Å². The Kier molecular flexibility index (Phi) is 4.79. The first-order valence-electron chi connectivity index (χ1n) is 5.52. The third-order valence-electron chi connectivity index (χ3n) is 2.67. The molecule has 0 heterocycles. The Morgan fingerprint density at radius 2 is 1.89 bits per heavy atom. The van der Waals surface area contributed by atoms with Crippen molar-refractivity contribution in [2.45, 2.75) is 19.5 Å². The molecule has 0 saturated heterocycles. The Balaban J connectivity index is 2.86. The summed E-state index contributed by atoms with van der Waals surface area (Å²) < 4.78 is 10.3. The molecular formula is C12H19N3O3. The number of anilines is 1. The van der Waals surface area contributed by atoms with Crippen molar-refractivity contribution in [3.8, 4) is 11.5 Å². The van der Waals surface area contributed by atoms with Crippen molar-refractivity contribution in [1.82, 2.24) is 5.32 Å². The summed E-state index contributed by atoms with van der Waals surface area (Å²) in [6.07, 6.45) is 0. The Hall–Kier alpha value is -1.95. The van der Waals surface area contributed by atoms with E-state index in [4.69, 9.17) is 20.9 Å². The lowest BCUT2D eigenvalue weighted by Crippen LogP contribution is -2.38. The van der Waals surface area contributed by atoms with Crippen LogP contribution in [0.1, 0.15) is 12.5 Å². The van der Waals surface area contributed by atoms with Crippen LogP contribution in [0.5, 0.6) is 11.5 Å². The van der Waals surface area contributed by atoms with Gasteiger partial charge in [0.2, 0.25) is 5.91 Å². The van der Waals surface area contributed by atoms with Crippen LogP contribution < -0.4 is 26.3 Å². The van der Waals surface area contributed by atoms with Gasteiger partial charge in [0.1, 0.15) is 0 Å². The van der Waals surface area contributed by atoms with Crippen LogP contribution in [0.4, 0.5) is 5.69 Å². The Morgan fingerprint density at radius 1 is 1.33 bits per heavy atom. The zero-order valence-corrected chi connectivity index (χ0v) is 10.8. The zero-order valence-electron chi connectivity index (χ0n) is 10.8. The highest BCUT2D eigenvalue weighted by Crippen LogP contribution is 2.31. The fourth-order valence-electron chi connectivity index (χ4n) is 1.45. The van der Waals surface area contributed by atoms with Crippen LogP contribution in [0.2, 0.25) is 0 Å². The number of nitrogen functional groups attached to an aromatic ring is 1. The summed E-state index contributed by atoms with van der Waals surface area (Å²) in [6.45, 7) is 2.12. The Morgan fingerprint density at radius 3 is 2.39 bits per heavy atom. The fraction of sp³-hybridized carbons (Fsp3) is 0.417. The molecule has 0 aliphatic carbocycles. The lowest BCUT2D eigenvalue weighted by atomic mass is 10.1. The van der Waals surface area contributed by atoms with Gasteiger partial charge < -0.3 is 26.3 Å². The number of hydrogen-bond donors (Lipinski definition) is 3. The maximum absolute atomic E-state index is 10.9. The van der Waals surface area contributed by atoms with E-state index in [0.717, 1.165) is 5.56 Å². The second-order valence-electron chi connectivity index (χ2n) is 3.91. The molecule has 0 fully saturated rings. The minimum absolute atomic E-state index is 0.408. The van der Waals surface area contributed by atoms with Gasteiger partial charge in [0, 0.05) is 18.3 Å². The summed E-state index contributed by atoms with van der Waals surface area (Å²) in [7, 11) is 3.10. The highest BCUT2D eigenvalue weighted by molar-refractivity contribution is 5.79. The Bertz CT molecular complexity index is 435. The molecule has 18 heavy (non-hydrogen) atoms. The van der Waals surface area contributed by atoms with E-state index in [1.807, 2.05) is 0 Å². The summed E-state index contributed by atoms with van der Waals surface area (Å²) in [4.78, 5) is 10.9. The molecule has 1 aromatic carbocycles. The molecule has 1 amide bonds. The number of benzene rings is 1. The number of rotatable bonds is 6. The summed E-state index contributed by atoms with van der Waals surface area (Å²) in [5.74, 6) is 0.756. The smallest absolute Gasteiger partial charge is 0.234 e. The van der Waals surface area contributed by atoms with Gasteiger partial charge in [-0.05, 0) is 18.6 Å². The minimum atomic E-state index is -0.419. The predicted octanol–water partition coefficient (Wildman–Crippen LogP) is 0.249. The average molecular weight is 253 g/mol. The molecular weight excluding hydrogens is 234 g/mol. The van der Waals surface area contributed by atoms with Gasteiger partial charge in [-0.3, -0.25) is 4.79 Å². The van der Waals surface area contributed by atoms with Crippen molar-refractivity contribution < 1.29 is 14.3 Å². The molecule has 1 aromatic rings. The predicted molar refractivity (Wildman–Crippen MR) is 69.5 cm³/mol. The van der Waals surface area contributed by atoms with Gasteiger partial charge in [-0.25, -0.2) is 0 Å². The normalized spacial score (nSPS) is 11.9. The number of carbonyl (C=O) groups excluding carboxylic acids is 1. The molecule has 6 heteroatoms. The van der Waals surface area contributed by atoms with Crippen LogP contribution in [0.3, 0.4) is 0 Å². The van der Waals surface area contributed by atoms with Crippen LogP contribution in [-0.2, 0) is 11.3 Å². The van der Waals surface area contributed by atoms with Crippen molar-refractivity contribution in [3.05, 3.63) is 17.7 Å². The molecule has 5 N–H and O–H groups in total. The highest BCUT2D eigenvalue weighted by atomic mass is 16.5. The van der Waals surface area contributed by atoms with Crippen molar-refractivity contribution in [2.24, 2.45) is 5.73 Å². The van der Waals surface area contributed by atoms with Gasteiger partial charge in [0.25, 0.3) is 0 Å². The molecule has 100 valence electrons. The summed E-state index contributed by atoms with van der Waals surface area (Å²) in [6, 6.07) is 3.04. The third-order valence-corrected chi connectivity index (χ3v) is 2.67. The maximum atomic E-state index is 10.9. The lowest BCUT2D eigenvalue weighted by Gasteiger charge is -2.14. The topological polar surface area (TPSA) is 99.6 Å². The highest BCUT2D eigenvalue weighted by Gasteiger charge is 2.12. The molecule has 0 saturated carbocycles. The summed E-state index contributed by atoms with van der Waals surface area (Å²) in [5.41, 5.74) is 12.4. The fourth-order valence-corrected chi connectivity index (χ4v) is 1.45. The maximum Gasteiger partial charge on any atom is 0.234 e. The van der Waals surface area contributed by atoms with Gasteiger partial charge in [0.05, 0.1) is 20.3 Å². The molecule has 0 aliphatic rings. The van der Waals surface area contributed by atoms with Crippen LogP contribution >= 0.6 is 0 Å². The van der Waals surface area contributed by atoms with Crippen molar-refractivity contribution in [1.29, 1.82) is 0 Å². The van der Waals surface area contributed by atoms with E-state index in [1.54, 1.807) is 33.3 Å². The molecule has 1 rings (SSSR count). The van der Waals surface area contributed by atoms with Gasteiger partial charge in [-0.2, -0.15) is 0 Å². The molecule has 0 aromatic heterocycles. The first-order chi connectivity index (χ1) is 8.49. The van der Waals surface area contributed by atoms with Crippen LogP contribution in [0.25, 0.3) is 0 Å². The second kappa shape index (κ2) is 6.11. The van der Waals surface area contributed by atoms with Gasteiger partial charge in [0.15, 0.2) is 11.5 Å². The number of nitrogens with two attached hydrogens (primary N) is 2. The van der Waals surface area contributed by atoms with E-state index in [1.165, 1.54) is 0 Å². The van der Waals surface area contributed by atoms with Crippen LogP contribution in [0.15, 0.2) is 12.1 Å². The SMILES string of the molecule is COc1cc(N)c(CNC(C)C(N)=O)cc1OC. The van der Waals surface area contributed by atoms with E-state index in [-0.39, 0.29) is 0 Å². The molecule has 0 bridgehead atoms. The molecule has 1 atom stereocenters. The number of methoxy groups -OCH3 is 2. The number of ether oxygens (including phenoxy) is 2. The molecule has 0 spiro atoms. The van der Waals surface area contributed by atoms with Crippen molar-refractivity contribution in [2.75, 3.05) is 20.0 Å². The Labute approximate surface area is 106 Å². The largest absolute Gasteiger partial charge is 0.493 e. The van der Waals surface area contributed by atoms with Crippen molar-refractivity contribution >= 4 is 11.6 Å². The summed E-state index contributed by atoms with van der Waals surface area (Å²) >= 11 is 0. The first-order valence-corrected chi connectivity index (χ1v) is 5.52. The third kappa shape index (κ3) is 3.27. The molecule has 6 nitrogen and oxygen atoms in total. The number of amides is 1. The van der Waals surface area contributed by atoms with Gasteiger partial charge in [-0.1, -0.05) is 0 Å². The monoisotopic (exact) mass is 253 g/mol. The lowest BCUT2D eigenvalue weighted by molar-refractivity contribution is -0.119. The molecule has 0 aliphatic heterocycles. The first kappa shape index (κ1) is 14.1. The number of carbonyl (C=O) groups is 1. The number of hydrogen-bond acceptors (Lipinski definition) is 5. The van der Waals surface area contributed by atoms with Crippen LogP contribution in [-0.4, -0.2) is 26.2 Å². The standard InChI is InChI=1S/C12H19N3O3/c1-7(12(14)16)15-6-8-4-10(17-2)11(18-3)5-9(8)13/h4-5,7,15H,6,13H2,1-3H3,(H2,14,16). The number of nitrogens with one attached hydrogen (secondary N) is 1. The van der Waals surface area contributed by atoms with E-state index in [0.29, 0.717) is 23.7 Å². The zero-order chi connectivity index (χ0) is 13.7. The quantitative estimate of drug-likeness (QED) is 0.631. The minimum Gasteiger partial charge on any atom is -0.493 e. The second-order valence-corrected chi connectivity index (χ2v) is 3.91. The number of primary amides is 1. The van der Waals surface area contributed by atoms with Gasteiger partial charge >= 0.3 is 0 Å². The van der Waals surface area contributed by atoms with Gasteiger partial charge in [-0.15, -0.1) is 0 Å². The van der Waals surface area contributed by atoms with E-state index in [2.05, 4.69) is 5.32 Å². The van der Waals surface area contributed by atoms with E-state index in [9.17, 15) is 4.79 Å². The van der Waals surface area contributed by atoms with E-state index < -0.39 is 11.9 Å². The molecule has 0 radical (unpaired) electrons. The van der Waals surface area contributed by atoms with Crippen LogP contribution in [0, 0.1) is 0 Å². The van der Waals surface area contributed by atoms with E-state index >= 15 is 0 Å². The average Bonchev–Trinajstić information content (AvgIpc) is 2.36. The molecule has 1 unspecified atom stereocenters. The summed E-state index contributed by atoms with van der Waals surface area (Å²) in [5, 5.41) is 2.98.